The minimum atomic E-state index is -0.269. The molecule has 0 atom stereocenters. The second-order valence-electron chi connectivity index (χ2n) is 4.94. The highest BCUT2D eigenvalue weighted by atomic mass is 19.1. The third-order valence-electron chi connectivity index (χ3n) is 3.24. The van der Waals surface area contributed by atoms with Crippen molar-refractivity contribution >= 4 is 5.91 Å². The Morgan fingerprint density at radius 2 is 2.29 bits per heavy atom. The molecular formula is C16H20FN3O. The van der Waals surface area contributed by atoms with E-state index in [0.29, 0.717) is 19.4 Å². The number of imidazole rings is 1. The summed E-state index contributed by atoms with van der Waals surface area (Å²) in [4.78, 5) is 16.1. The maximum absolute atomic E-state index is 13.0. The monoisotopic (exact) mass is 289 g/mol. The molecule has 0 fully saturated rings. The van der Waals surface area contributed by atoms with E-state index in [0.717, 1.165) is 24.4 Å². The number of hydrogen-bond donors (Lipinski definition) is 1. The number of aromatic nitrogens is 2. The number of nitrogens with one attached hydrogen (secondary N) is 1. The van der Waals surface area contributed by atoms with Gasteiger partial charge in [0, 0.05) is 25.4 Å². The van der Waals surface area contributed by atoms with Crippen LogP contribution in [0.2, 0.25) is 0 Å². The van der Waals surface area contributed by atoms with Crippen molar-refractivity contribution in [1.29, 1.82) is 0 Å². The molecule has 0 saturated heterocycles. The molecule has 1 amide bonds. The van der Waals surface area contributed by atoms with E-state index in [9.17, 15) is 9.18 Å². The number of benzene rings is 1. The Kier molecular flexibility index (Phi) is 5.49. The number of nitrogens with zero attached hydrogens (tertiary/aromatic N) is 2. The van der Waals surface area contributed by atoms with Crippen LogP contribution in [-0.4, -0.2) is 15.5 Å². The molecule has 112 valence electrons. The Bertz CT molecular complexity index is 595. The van der Waals surface area contributed by atoms with E-state index in [1.54, 1.807) is 12.3 Å². The summed E-state index contributed by atoms with van der Waals surface area (Å²) in [6.45, 7) is 3.42. The number of rotatable bonds is 7. The van der Waals surface area contributed by atoms with Crippen molar-refractivity contribution in [1.82, 2.24) is 14.9 Å². The molecule has 0 radical (unpaired) electrons. The van der Waals surface area contributed by atoms with Crippen LogP contribution in [0.3, 0.4) is 0 Å². The highest BCUT2D eigenvalue weighted by Gasteiger charge is 2.06. The maximum atomic E-state index is 13.0. The zero-order valence-corrected chi connectivity index (χ0v) is 12.2. The molecule has 1 heterocycles. The molecule has 1 N–H and O–H groups in total. The van der Waals surface area contributed by atoms with Crippen molar-refractivity contribution in [2.45, 2.75) is 39.3 Å². The van der Waals surface area contributed by atoms with Crippen LogP contribution in [0, 0.1) is 5.82 Å². The lowest BCUT2D eigenvalue weighted by molar-refractivity contribution is -0.121. The van der Waals surface area contributed by atoms with E-state index in [4.69, 9.17) is 0 Å². The van der Waals surface area contributed by atoms with Gasteiger partial charge in [0.15, 0.2) is 0 Å². The molecule has 21 heavy (non-hydrogen) atoms. The molecule has 0 bridgehead atoms. The lowest BCUT2D eigenvalue weighted by atomic mass is 10.1. The van der Waals surface area contributed by atoms with Gasteiger partial charge in [0.25, 0.3) is 0 Å². The normalized spacial score (nSPS) is 10.6. The second kappa shape index (κ2) is 7.57. The number of hydrogen-bond acceptors (Lipinski definition) is 2. The molecule has 1 aromatic heterocycles. The summed E-state index contributed by atoms with van der Waals surface area (Å²) in [7, 11) is 0. The van der Waals surface area contributed by atoms with Crippen LogP contribution in [0.5, 0.6) is 0 Å². The second-order valence-corrected chi connectivity index (χ2v) is 4.94. The maximum Gasteiger partial charge on any atom is 0.220 e. The molecule has 0 unspecified atom stereocenters. The summed E-state index contributed by atoms with van der Waals surface area (Å²) in [6.07, 6.45) is 5.56. The summed E-state index contributed by atoms with van der Waals surface area (Å²) in [6, 6.07) is 6.34. The van der Waals surface area contributed by atoms with E-state index >= 15 is 0 Å². The van der Waals surface area contributed by atoms with Gasteiger partial charge in [0.1, 0.15) is 11.6 Å². The lowest BCUT2D eigenvalue weighted by Crippen LogP contribution is -2.25. The van der Waals surface area contributed by atoms with Gasteiger partial charge in [-0.1, -0.05) is 19.1 Å². The number of halogens is 1. The van der Waals surface area contributed by atoms with Crippen molar-refractivity contribution in [2.24, 2.45) is 0 Å². The smallest absolute Gasteiger partial charge is 0.220 e. The van der Waals surface area contributed by atoms with Crippen LogP contribution < -0.4 is 5.32 Å². The molecule has 0 aliphatic carbocycles. The van der Waals surface area contributed by atoms with Crippen molar-refractivity contribution in [3.05, 3.63) is 53.9 Å². The third-order valence-corrected chi connectivity index (χ3v) is 3.24. The predicted octanol–water partition coefficient (Wildman–Crippen LogP) is 2.68. The first-order valence-corrected chi connectivity index (χ1v) is 7.20. The van der Waals surface area contributed by atoms with Crippen LogP contribution in [0.1, 0.15) is 31.2 Å². The fraction of sp³-hybridized carbons (Fsp3) is 0.375. The molecule has 2 aromatic rings. The Labute approximate surface area is 124 Å². The van der Waals surface area contributed by atoms with Crippen molar-refractivity contribution in [2.75, 3.05) is 0 Å². The van der Waals surface area contributed by atoms with E-state index in [-0.39, 0.29) is 11.7 Å². The molecule has 4 nitrogen and oxygen atoms in total. The summed E-state index contributed by atoms with van der Waals surface area (Å²) < 4.78 is 15.1. The molecular weight excluding hydrogens is 269 g/mol. The van der Waals surface area contributed by atoms with E-state index in [2.05, 4.69) is 17.2 Å². The van der Waals surface area contributed by atoms with Crippen molar-refractivity contribution in [3.63, 3.8) is 0 Å². The molecule has 5 heteroatoms. The molecule has 0 aliphatic rings. The van der Waals surface area contributed by atoms with Crippen LogP contribution in [0.25, 0.3) is 0 Å². The Morgan fingerprint density at radius 3 is 3.05 bits per heavy atom. The topological polar surface area (TPSA) is 46.9 Å². The summed E-state index contributed by atoms with van der Waals surface area (Å²) in [5.41, 5.74) is 0.831. The minimum Gasteiger partial charge on any atom is -0.349 e. The third kappa shape index (κ3) is 4.70. The van der Waals surface area contributed by atoms with Gasteiger partial charge in [-0.05, 0) is 30.5 Å². The van der Waals surface area contributed by atoms with Crippen LogP contribution in [-0.2, 0) is 24.3 Å². The molecule has 2 rings (SSSR count). The van der Waals surface area contributed by atoms with Gasteiger partial charge < -0.3 is 9.88 Å². The zero-order valence-electron chi connectivity index (χ0n) is 12.2. The Hall–Kier alpha value is -2.17. The zero-order chi connectivity index (χ0) is 15.1. The lowest BCUT2D eigenvalue weighted by Gasteiger charge is -2.08. The van der Waals surface area contributed by atoms with Gasteiger partial charge in [0.2, 0.25) is 5.91 Å². The minimum absolute atomic E-state index is 0.0506. The van der Waals surface area contributed by atoms with E-state index in [1.165, 1.54) is 12.1 Å². The van der Waals surface area contributed by atoms with Gasteiger partial charge in [-0.15, -0.1) is 0 Å². The first-order chi connectivity index (χ1) is 10.2. The predicted molar refractivity (Wildman–Crippen MR) is 79.1 cm³/mol. The van der Waals surface area contributed by atoms with Gasteiger partial charge >= 0.3 is 0 Å². The van der Waals surface area contributed by atoms with Gasteiger partial charge in [-0.3, -0.25) is 4.79 Å². The summed E-state index contributed by atoms with van der Waals surface area (Å²) in [5.74, 6) is 0.538. The first kappa shape index (κ1) is 15.2. The fourth-order valence-corrected chi connectivity index (χ4v) is 2.17. The average Bonchev–Trinajstić information content (AvgIpc) is 2.91. The molecule has 0 saturated carbocycles. The van der Waals surface area contributed by atoms with Gasteiger partial charge in [-0.25, -0.2) is 9.37 Å². The van der Waals surface area contributed by atoms with E-state index < -0.39 is 0 Å². The van der Waals surface area contributed by atoms with Gasteiger partial charge in [-0.2, -0.15) is 0 Å². The number of aryl methyl sites for hydroxylation is 2. The Balaban J connectivity index is 1.78. The summed E-state index contributed by atoms with van der Waals surface area (Å²) >= 11 is 0. The molecule has 0 spiro atoms. The van der Waals surface area contributed by atoms with Gasteiger partial charge in [0.05, 0.1) is 6.54 Å². The number of amides is 1. The standard InChI is InChI=1S/C16H20FN3O/c1-2-9-20-10-8-18-15(20)12-19-16(21)7-6-13-4-3-5-14(17)11-13/h3-5,8,10-11H,2,6-7,9,12H2,1H3,(H,19,21). The molecule has 1 aromatic carbocycles. The number of carbonyl (C=O) groups is 1. The number of carbonyl (C=O) groups excluding carboxylic acids is 1. The highest BCUT2D eigenvalue weighted by molar-refractivity contribution is 5.76. The first-order valence-electron chi connectivity index (χ1n) is 7.20. The quantitative estimate of drug-likeness (QED) is 0.852. The largest absolute Gasteiger partial charge is 0.349 e. The average molecular weight is 289 g/mol. The molecule has 0 aliphatic heterocycles. The van der Waals surface area contributed by atoms with Crippen molar-refractivity contribution < 1.29 is 9.18 Å². The SMILES string of the molecule is CCCn1ccnc1CNC(=O)CCc1cccc(F)c1. The Morgan fingerprint density at radius 1 is 1.43 bits per heavy atom. The van der Waals surface area contributed by atoms with Crippen molar-refractivity contribution in [3.8, 4) is 0 Å². The summed E-state index contributed by atoms with van der Waals surface area (Å²) in [5, 5.41) is 2.85. The van der Waals surface area contributed by atoms with Crippen LogP contribution in [0.4, 0.5) is 4.39 Å². The van der Waals surface area contributed by atoms with Crippen LogP contribution >= 0.6 is 0 Å². The highest BCUT2D eigenvalue weighted by Crippen LogP contribution is 2.06. The van der Waals surface area contributed by atoms with E-state index in [1.807, 2.05) is 16.8 Å². The fourth-order valence-electron chi connectivity index (χ4n) is 2.17. The van der Waals surface area contributed by atoms with Crippen LogP contribution in [0.15, 0.2) is 36.7 Å².